The van der Waals surface area contributed by atoms with Crippen LogP contribution in [0.15, 0.2) is 0 Å². The smallest absolute Gasteiger partial charge is 0.314 e. The van der Waals surface area contributed by atoms with Gasteiger partial charge in [-0.3, -0.25) is 0 Å². The minimum absolute atomic E-state index is 0.0801. The van der Waals surface area contributed by atoms with E-state index in [1.807, 2.05) is 13.8 Å². The van der Waals surface area contributed by atoms with E-state index in [2.05, 4.69) is 12.2 Å². The topological polar surface area (TPSA) is 12.0 Å². The number of nitrogens with one attached hydrogen (secondary N) is 1. The van der Waals surface area contributed by atoms with Gasteiger partial charge < -0.3 is 5.32 Å². The van der Waals surface area contributed by atoms with Gasteiger partial charge in [0.15, 0.2) is 0 Å². The monoisotopic (exact) mass is 243 g/mol. The highest BCUT2D eigenvalue weighted by molar-refractivity contribution is 8.00. The van der Waals surface area contributed by atoms with Crippen LogP contribution in [0.25, 0.3) is 0 Å². The number of halogens is 3. The summed E-state index contributed by atoms with van der Waals surface area (Å²) >= 11 is 0.0801. The first-order chi connectivity index (χ1) is 6.90. The van der Waals surface area contributed by atoms with Crippen LogP contribution in [0.1, 0.15) is 33.6 Å². The molecular weight excluding hydrogens is 223 g/mol. The Labute approximate surface area is 94.2 Å². The van der Waals surface area contributed by atoms with Crippen LogP contribution in [0.4, 0.5) is 13.2 Å². The van der Waals surface area contributed by atoms with E-state index >= 15 is 0 Å². The average molecular weight is 243 g/mol. The van der Waals surface area contributed by atoms with Crippen LogP contribution in [-0.4, -0.2) is 23.8 Å². The van der Waals surface area contributed by atoms with Crippen molar-refractivity contribution >= 4 is 11.8 Å². The summed E-state index contributed by atoms with van der Waals surface area (Å²) in [6.07, 6.45) is 1.57. The molecule has 0 rings (SSSR count). The quantitative estimate of drug-likeness (QED) is 0.732. The Hall–Kier alpha value is 0.100. The van der Waals surface area contributed by atoms with Crippen molar-refractivity contribution in [1.82, 2.24) is 5.32 Å². The van der Waals surface area contributed by atoms with Gasteiger partial charge in [-0.15, -0.1) is 0 Å². The Balaban J connectivity index is 3.75. The second-order valence-corrected chi connectivity index (χ2v) is 4.79. The van der Waals surface area contributed by atoms with Gasteiger partial charge in [-0.25, -0.2) is 0 Å². The van der Waals surface area contributed by atoms with Crippen LogP contribution in [0.2, 0.25) is 0 Å². The average Bonchev–Trinajstić information content (AvgIpc) is 2.11. The molecule has 0 fully saturated rings. The van der Waals surface area contributed by atoms with E-state index in [0.717, 1.165) is 13.0 Å². The standard InChI is InChI=1S/C10H20F3NS/c1-4-9(14-5-2)8(3)6-7-15-10(11,12)13/h8-9,14H,4-7H2,1-3H3. The van der Waals surface area contributed by atoms with Crippen LogP contribution in [0.3, 0.4) is 0 Å². The zero-order chi connectivity index (χ0) is 11.9. The molecule has 0 spiro atoms. The van der Waals surface area contributed by atoms with Crippen molar-refractivity contribution in [3.8, 4) is 0 Å². The molecule has 0 aromatic heterocycles. The summed E-state index contributed by atoms with van der Waals surface area (Å²) in [7, 11) is 0. The molecule has 0 radical (unpaired) electrons. The number of thioether (sulfide) groups is 1. The molecule has 0 aliphatic carbocycles. The van der Waals surface area contributed by atoms with Gasteiger partial charge in [0.1, 0.15) is 0 Å². The summed E-state index contributed by atoms with van der Waals surface area (Å²) in [5, 5.41) is 3.29. The highest BCUT2D eigenvalue weighted by Crippen LogP contribution is 2.31. The van der Waals surface area contributed by atoms with Crippen molar-refractivity contribution in [2.75, 3.05) is 12.3 Å². The van der Waals surface area contributed by atoms with Crippen LogP contribution in [-0.2, 0) is 0 Å². The summed E-state index contributed by atoms with van der Waals surface area (Å²) in [6, 6.07) is 0.337. The molecule has 0 amide bonds. The first-order valence-electron chi connectivity index (χ1n) is 5.34. The molecule has 2 atom stereocenters. The van der Waals surface area contributed by atoms with Gasteiger partial charge in [0.25, 0.3) is 0 Å². The lowest BCUT2D eigenvalue weighted by Gasteiger charge is -2.23. The summed E-state index contributed by atoms with van der Waals surface area (Å²) in [6.45, 7) is 6.95. The van der Waals surface area contributed by atoms with Gasteiger partial charge in [0.05, 0.1) is 0 Å². The molecule has 0 heterocycles. The summed E-state index contributed by atoms with van der Waals surface area (Å²) in [4.78, 5) is 0. The molecule has 1 nitrogen and oxygen atoms in total. The van der Waals surface area contributed by atoms with E-state index in [-0.39, 0.29) is 17.5 Å². The fourth-order valence-electron chi connectivity index (χ4n) is 1.57. The largest absolute Gasteiger partial charge is 0.441 e. The van der Waals surface area contributed by atoms with Crippen molar-refractivity contribution in [3.63, 3.8) is 0 Å². The first kappa shape index (κ1) is 15.1. The highest BCUT2D eigenvalue weighted by Gasteiger charge is 2.28. The lowest BCUT2D eigenvalue weighted by molar-refractivity contribution is -0.0328. The van der Waals surface area contributed by atoms with Crippen LogP contribution in [0.5, 0.6) is 0 Å². The van der Waals surface area contributed by atoms with Crippen molar-refractivity contribution in [1.29, 1.82) is 0 Å². The van der Waals surface area contributed by atoms with E-state index < -0.39 is 5.51 Å². The third-order valence-electron chi connectivity index (χ3n) is 2.43. The zero-order valence-corrected chi connectivity index (χ0v) is 10.3. The molecule has 2 unspecified atom stereocenters. The normalized spacial score (nSPS) is 16.4. The van der Waals surface area contributed by atoms with E-state index in [4.69, 9.17) is 0 Å². The Kier molecular flexibility index (Phi) is 7.44. The fraction of sp³-hybridized carbons (Fsp3) is 1.00. The van der Waals surface area contributed by atoms with Crippen molar-refractivity contribution in [2.24, 2.45) is 5.92 Å². The number of rotatable bonds is 7. The Bertz CT molecular complexity index is 161. The Morgan fingerprint density at radius 1 is 1.27 bits per heavy atom. The van der Waals surface area contributed by atoms with Gasteiger partial charge >= 0.3 is 5.51 Å². The van der Waals surface area contributed by atoms with Gasteiger partial charge in [0, 0.05) is 11.8 Å². The molecule has 92 valence electrons. The van der Waals surface area contributed by atoms with E-state index in [0.29, 0.717) is 18.4 Å². The van der Waals surface area contributed by atoms with Gasteiger partial charge in [-0.05, 0) is 25.3 Å². The van der Waals surface area contributed by atoms with E-state index in [1.54, 1.807) is 0 Å². The molecule has 5 heteroatoms. The first-order valence-corrected chi connectivity index (χ1v) is 6.33. The lowest BCUT2D eigenvalue weighted by atomic mass is 9.97. The maximum atomic E-state index is 11.9. The molecule has 0 bridgehead atoms. The third kappa shape index (κ3) is 7.96. The second-order valence-electron chi connectivity index (χ2n) is 3.63. The maximum Gasteiger partial charge on any atom is 0.441 e. The highest BCUT2D eigenvalue weighted by atomic mass is 32.2. The molecule has 0 aromatic carbocycles. The lowest BCUT2D eigenvalue weighted by Crippen LogP contribution is -2.34. The molecule has 0 aliphatic rings. The zero-order valence-electron chi connectivity index (χ0n) is 9.53. The van der Waals surface area contributed by atoms with E-state index in [1.165, 1.54) is 0 Å². The van der Waals surface area contributed by atoms with Crippen LogP contribution < -0.4 is 5.32 Å². The summed E-state index contributed by atoms with van der Waals surface area (Å²) in [5.41, 5.74) is -4.08. The van der Waals surface area contributed by atoms with E-state index in [9.17, 15) is 13.2 Å². The molecule has 0 saturated carbocycles. The number of hydrogen-bond acceptors (Lipinski definition) is 2. The summed E-state index contributed by atoms with van der Waals surface area (Å²) < 4.78 is 35.7. The maximum absolute atomic E-state index is 11.9. The number of alkyl halides is 3. The minimum atomic E-state index is -4.08. The van der Waals surface area contributed by atoms with Crippen molar-refractivity contribution < 1.29 is 13.2 Å². The predicted octanol–water partition coefficient (Wildman–Crippen LogP) is 3.65. The predicted molar refractivity (Wildman–Crippen MR) is 60.0 cm³/mol. The van der Waals surface area contributed by atoms with Crippen LogP contribution in [0, 0.1) is 5.92 Å². The second kappa shape index (κ2) is 7.39. The molecular formula is C10H20F3NS. The third-order valence-corrected chi connectivity index (χ3v) is 3.20. The van der Waals surface area contributed by atoms with Gasteiger partial charge in [0.2, 0.25) is 0 Å². The molecule has 0 aromatic rings. The van der Waals surface area contributed by atoms with Crippen molar-refractivity contribution in [2.45, 2.75) is 45.2 Å². The van der Waals surface area contributed by atoms with Gasteiger partial charge in [-0.2, -0.15) is 13.2 Å². The molecule has 1 N–H and O–H groups in total. The van der Waals surface area contributed by atoms with Crippen molar-refractivity contribution in [3.05, 3.63) is 0 Å². The minimum Gasteiger partial charge on any atom is -0.314 e. The summed E-state index contributed by atoms with van der Waals surface area (Å²) in [5.74, 6) is 0.455. The molecule has 0 saturated heterocycles. The fourth-order valence-corrected chi connectivity index (χ4v) is 2.29. The molecule has 0 aliphatic heterocycles. The Morgan fingerprint density at radius 3 is 2.27 bits per heavy atom. The van der Waals surface area contributed by atoms with Crippen LogP contribution >= 0.6 is 11.8 Å². The molecule has 15 heavy (non-hydrogen) atoms. The number of hydrogen-bond donors (Lipinski definition) is 1. The SMILES string of the molecule is CCNC(CC)C(C)CCSC(F)(F)F. The van der Waals surface area contributed by atoms with Gasteiger partial charge in [-0.1, -0.05) is 32.5 Å². The Morgan fingerprint density at radius 2 is 1.87 bits per heavy atom.